The minimum Gasteiger partial charge on any atom is -0.460 e. The number of hydrogen-bond acceptors (Lipinski definition) is 9. The number of carbonyl (C=O) groups is 4. The summed E-state index contributed by atoms with van der Waals surface area (Å²) >= 11 is 0. The molecule has 0 spiro atoms. The fourth-order valence-corrected chi connectivity index (χ4v) is 4.96. The van der Waals surface area contributed by atoms with Crippen molar-refractivity contribution in [3.63, 3.8) is 0 Å². The topological polar surface area (TPSA) is 154 Å². The number of nitrogens with one attached hydrogen (secondary N) is 1. The van der Waals surface area contributed by atoms with Crippen LogP contribution in [0.15, 0.2) is 30.3 Å². The number of unbranched alkanes of at least 4 members (excludes halogenated alkanes) is 1. The third kappa shape index (κ3) is 5.02. The molecule has 0 aliphatic carbocycles. The Kier molecular flexibility index (Phi) is 9.04. The first-order chi connectivity index (χ1) is 16.7. The predicted octanol–water partition coefficient (Wildman–Crippen LogP) is 1.60. The molecule has 2 rings (SSSR count). The molecule has 1 aromatic carbocycles. The summed E-state index contributed by atoms with van der Waals surface area (Å²) in [4.78, 5) is 56.2. The molecule has 3 unspecified atom stereocenters. The van der Waals surface area contributed by atoms with Crippen molar-refractivity contribution < 1.29 is 28.7 Å². The summed E-state index contributed by atoms with van der Waals surface area (Å²) in [6.45, 7) is 9.81. The average molecular weight is 505 g/mol. The van der Waals surface area contributed by atoms with Gasteiger partial charge in [-0.1, -0.05) is 43.7 Å². The highest BCUT2D eigenvalue weighted by molar-refractivity contribution is 6.17. The number of ketones is 1. The maximum Gasteiger partial charge on any atom is 0.330 e. The quantitative estimate of drug-likeness (QED) is 0.149. The second-order valence-electron chi connectivity index (χ2n) is 10.5. The second-order valence-corrected chi connectivity index (χ2v) is 10.5. The molecule has 1 fully saturated rings. The molecule has 0 radical (unpaired) electrons. The second kappa shape index (κ2) is 11.1. The van der Waals surface area contributed by atoms with Crippen LogP contribution in [0.2, 0.25) is 0 Å². The number of nitrogens with two attached hydrogens (primary N) is 2. The number of nitrogens with zero attached hydrogens (tertiary/aromatic N) is 1. The number of ether oxygens (including phenoxy) is 2. The molecule has 1 aromatic rings. The Labute approximate surface area is 213 Å². The molecule has 1 saturated heterocycles. The highest BCUT2D eigenvalue weighted by Crippen LogP contribution is 2.50. The van der Waals surface area contributed by atoms with Crippen LogP contribution in [0.4, 0.5) is 0 Å². The lowest BCUT2D eigenvalue weighted by Gasteiger charge is -2.59. The number of piperidine rings is 1. The van der Waals surface area contributed by atoms with Crippen molar-refractivity contribution in [2.45, 2.75) is 84.1 Å². The van der Waals surface area contributed by atoms with E-state index in [1.807, 2.05) is 18.4 Å². The van der Waals surface area contributed by atoms with Gasteiger partial charge < -0.3 is 15.2 Å². The van der Waals surface area contributed by atoms with Crippen molar-refractivity contribution in [1.82, 2.24) is 10.3 Å². The lowest BCUT2D eigenvalue weighted by atomic mass is 9.54. The zero-order valence-corrected chi connectivity index (χ0v) is 22.2. The molecule has 0 bridgehead atoms. The summed E-state index contributed by atoms with van der Waals surface area (Å²) in [6, 6.07) is 9.01. The van der Waals surface area contributed by atoms with Crippen molar-refractivity contribution >= 4 is 23.6 Å². The van der Waals surface area contributed by atoms with Crippen molar-refractivity contribution in [3.8, 4) is 0 Å². The van der Waals surface area contributed by atoms with Gasteiger partial charge in [0, 0.05) is 6.54 Å². The van der Waals surface area contributed by atoms with Crippen LogP contribution in [0.3, 0.4) is 0 Å². The first kappa shape index (κ1) is 29.4. The number of carbonyl (C=O) groups excluding carboxylic acids is 4. The molecule has 10 nitrogen and oxygen atoms in total. The molecule has 0 saturated carbocycles. The van der Waals surface area contributed by atoms with Gasteiger partial charge in [-0.25, -0.2) is 10.6 Å². The molecule has 36 heavy (non-hydrogen) atoms. The van der Waals surface area contributed by atoms with E-state index in [4.69, 9.17) is 21.1 Å². The molecule has 1 heterocycles. The minimum atomic E-state index is -2.46. The number of likely N-dealkylation sites (tertiary alicyclic amines) is 1. The summed E-state index contributed by atoms with van der Waals surface area (Å²) in [7, 11) is 0. The van der Waals surface area contributed by atoms with Crippen molar-refractivity contribution in [2.24, 2.45) is 17.0 Å². The number of Topliss-reactive ketones (excluding diaryl/α,β-unsaturated/α-hetero) is 1. The Morgan fingerprint density at radius 1 is 1.11 bits per heavy atom. The van der Waals surface area contributed by atoms with Crippen molar-refractivity contribution in [3.05, 3.63) is 35.9 Å². The van der Waals surface area contributed by atoms with E-state index in [0.717, 1.165) is 12.0 Å². The fourth-order valence-electron chi connectivity index (χ4n) is 4.96. The fraction of sp³-hybridized carbons (Fsp3) is 0.615. The lowest BCUT2D eigenvalue weighted by Crippen LogP contribution is -2.88. The first-order valence-electron chi connectivity index (χ1n) is 12.2. The van der Waals surface area contributed by atoms with E-state index in [0.29, 0.717) is 6.42 Å². The first-order valence-corrected chi connectivity index (χ1v) is 12.2. The van der Waals surface area contributed by atoms with Crippen LogP contribution in [0.25, 0.3) is 0 Å². The number of benzene rings is 1. The van der Waals surface area contributed by atoms with Gasteiger partial charge in [0.25, 0.3) is 5.91 Å². The van der Waals surface area contributed by atoms with E-state index in [-0.39, 0.29) is 26.1 Å². The highest BCUT2D eigenvalue weighted by Gasteiger charge is 2.77. The van der Waals surface area contributed by atoms with Crippen molar-refractivity contribution in [2.75, 3.05) is 13.1 Å². The summed E-state index contributed by atoms with van der Waals surface area (Å²) < 4.78 is 11.3. The zero-order chi connectivity index (χ0) is 27.4. The molecule has 10 heteroatoms. The van der Waals surface area contributed by atoms with Crippen LogP contribution in [0, 0.1) is 5.41 Å². The van der Waals surface area contributed by atoms with E-state index in [9.17, 15) is 19.2 Å². The third-order valence-electron chi connectivity index (χ3n) is 6.93. The smallest absolute Gasteiger partial charge is 0.330 e. The van der Waals surface area contributed by atoms with Crippen LogP contribution >= 0.6 is 0 Å². The molecular weight excluding hydrogens is 464 g/mol. The zero-order valence-electron chi connectivity index (χ0n) is 22.2. The number of amides is 1. The Balaban J connectivity index is 2.74. The van der Waals surface area contributed by atoms with Crippen LogP contribution in [-0.4, -0.2) is 58.3 Å². The molecule has 0 aromatic heterocycles. The van der Waals surface area contributed by atoms with E-state index in [1.54, 1.807) is 49.9 Å². The van der Waals surface area contributed by atoms with Gasteiger partial charge in [-0.2, -0.15) is 0 Å². The van der Waals surface area contributed by atoms with Gasteiger partial charge in [-0.15, -0.1) is 0 Å². The molecule has 3 atom stereocenters. The Morgan fingerprint density at radius 3 is 2.22 bits per heavy atom. The van der Waals surface area contributed by atoms with Crippen LogP contribution in [-0.2, 0) is 35.3 Å². The van der Waals surface area contributed by atoms with Crippen molar-refractivity contribution in [1.29, 1.82) is 0 Å². The van der Waals surface area contributed by atoms with Gasteiger partial charge in [0.2, 0.25) is 0 Å². The highest BCUT2D eigenvalue weighted by atomic mass is 16.6. The molecular formula is C26H40N4O6. The SMILES string of the molecule is CCCCN1CCC(C)(C(=O)OCc2ccccc2)C(N)(C(=O)OC(C)(C)C)C1(C(C)=O)C(=O)NN. The maximum absolute atomic E-state index is 13.9. The van der Waals surface area contributed by atoms with Gasteiger partial charge in [0.05, 0.1) is 5.41 Å². The van der Waals surface area contributed by atoms with Gasteiger partial charge in [-0.3, -0.25) is 24.7 Å². The number of hydrogen-bond donors (Lipinski definition) is 3. The molecule has 5 N–H and O–H groups in total. The Hall–Kier alpha value is -2.82. The molecule has 1 amide bonds. The van der Waals surface area contributed by atoms with Gasteiger partial charge in [-0.05, 0) is 59.6 Å². The summed E-state index contributed by atoms with van der Waals surface area (Å²) in [5.41, 5.74) is 2.09. The minimum absolute atomic E-state index is 0.0486. The standard InChI is InChI=1S/C26H40N4O6/c1-7-8-15-30-16-14-24(6,21(33)35-17-19-12-10-9-11-13-19)26(27,22(34)36-23(3,4)5)25(30,18(2)31)20(32)29-28/h9-13H,7-8,14-17,27-28H2,1-6H3,(H,29,32). The normalized spacial score (nSPS) is 26.7. The number of rotatable bonds is 9. The van der Waals surface area contributed by atoms with Gasteiger partial charge in [0.15, 0.2) is 16.9 Å². The van der Waals surface area contributed by atoms with Crippen LogP contribution in [0.5, 0.6) is 0 Å². The summed E-state index contributed by atoms with van der Waals surface area (Å²) in [6.07, 6.45) is 1.43. The number of hydrazine groups is 1. The monoisotopic (exact) mass is 504 g/mol. The van der Waals surface area contributed by atoms with Crippen LogP contribution in [0.1, 0.15) is 66.4 Å². The summed E-state index contributed by atoms with van der Waals surface area (Å²) in [5, 5.41) is 0. The molecule has 1 aliphatic heterocycles. The van der Waals surface area contributed by atoms with Gasteiger partial charge >= 0.3 is 11.9 Å². The Morgan fingerprint density at radius 2 is 1.72 bits per heavy atom. The maximum atomic E-state index is 13.9. The molecule has 200 valence electrons. The van der Waals surface area contributed by atoms with E-state index in [2.05, 4.69) is 0 Å². The van der Waals surface area contributed by atoms with E-state index >= 15 is 0 Å². The predicted molar refractivity (Wildman–Crippen MR) is 134 cm³/mol. The lowest BCUT2D eigenvalue weighted by molar-refractivity contribution is -0.201. The van der Waals surface area contributed by atoms with Gasteiger partial charge in [0.1, 0.15) is 12.2 Å². The van der Waals surface area contributed by atoms with E-state index < -0.39 is 45.7 Å². The Bertz CT molecular complexity index is 978. The number of esters is 2. The van der Waals surface area contributed by atoms with E-state index in [1.165, 1.54) is 13.8 Å². The summed E-state index contributed by atoms with van der Waals surface area (Å²) in [5.74, 6) is 1.98. The van der Waals surface area contributed by atoms with Crippen LogP contribution < -0.4 is 17.0 Å². The largest absolute Gasteiger partial charge is 0.460 e. The average Bonchev–Trinajstić information content (AvgIpc) is 2.82. The third-order valence-corrected chi connectivity index (χ3v) is 6.93. The molecule has 1 aliphatic rings.